The maximum atomic E-state index is 8.56. The van der Waals surface area contributed by atoms with Crippen LogP contribution in [0.25, 0.3) is 0 Å². The Labute approximate surface area is 79.1 Å². The fourth-order valence-electron chi connectivity index (χ4n) is 0. The van der Waals surface area contributed by atoms with Crippen molar-refractivity contribution in [1.82, 2.24) is 6.15 Å². The summed E-state index contributed by atoms with van der Waals surface area (Å²) < 4.78 is 0. The predicted octanol–water partition coefficient (Wildman–Crippen LogP) is 0.379. The molecule has 0 rings (SSSR count). The quantitative estimate of drug-likeness (QED) is 0.588. The monoisotopic (exact) mass is 259 g/mol. The Morgan fingerprint density at radius 3 is 1.14 bits per heavy atom. The topological polar surface area (TPSA) is 92.5 Å². The van der Waals surface area contributed by atoms with Crippen molar-refractivity contribution in [1.29, 1.82) is 0 Å². The van der Waals surface area contributed by atoms with Gasteiger partial charge in [0.2, 0.25) is 0 Å². The summed E-state index contributed by atoms with van der Waals surface area (Å²) in [5, 5.41) is 13.9. The molecular weight excluding hydrogens is 256 g/mol. The second-order valence-corrected chi connectivity index (χ2v) is 0.283. The third-order valence-corrected chi connectivity index (χ3v) is 0. The SMILES string of the molecule is N.O=C(O)O.[Zr].[Zr]. The van der Waals surface area contributed by atoms with E-state index in [2.05, 4.69) is 0 Å². The normalized spacial score (nSPS) is 3.43. The fourth-order valence-corrected chi connectivity index (χ4v) is 0. The molecule has 0 bridgehead atoms. The summed E-state index contributed by atoms with van der Waals surface area (Å²) in [6.07, 6.45) is -1.83. The first-order valence-electron chi connectivity index (χ1n) is 0.651. The van der Waals surface area contributed by atoms with Crippen molar-refractivity contribution in [2.24, 2.45) is 0 Å². The molecule has 0 aromatic heterocycles. The van der Waals surface area contributed by atoms with Crippen LogP contribution in [0.2, 0.25) is 0 Å². The minimum absolute atomic E-state index is 0. The van der Waals surface area contributed by atoms with Crippen molar-refractivity contribution < 1.29 is 67.4 Å². The molecule has 0 saturated heterocycles. The molecule has 0 aromatic rings. The van der Waals surface area contributed by atoms with Crippen LogP contribution >= 0.6 is 0 Å². The van der Waals surface area contributed by atoms with E-state index in [-0.39, 0.29) is 58.6 Å². The van der Waals surface area contributed by atoms with Crippen molar-refractivity contribution in [2.75, 3.05) is 0 Å². The molecule has 4 nitrogen and oxygen atoms in total. The van der Waals surface area contributed by atoms with Gasteiger partial charge in [-0.05, 0) is 0 Å². The second kappa shape index (κ2) is 15.8. The number of carboxylic acid groups (broad SMARTS) is 2. The van der Waals surface area contributed by atoms with Gasteiger partial charge >= 0.3 is 6.16 Å². The molecule has 7 heavy (non-hydrogen) atoms. The van der Waals surface area contributed by atoms with Gasteiger partial charge in [0.15, 0.2) is 0 Å². The third kappa shape index (κ3) is 176. The Bertz CT molecular complexity index is 35.9. The summed E-state index contributed by atoms with van der Waals surface area (Å²) in [5.74, 6) is 0. The van der Waals surface area contributed by atoms with Gasteiger partial charge in [-0.15, -0.1) is 0 Å². The minimum atomic E-state index is -1.83. The summed E-state index contributed by atoms with van der Waals surface area (Å²) >= 11 is 0. The van der Waals surface area contributed by atoms with Gasteiger partial charge in [-0.3, -0.25) is 0 Å². The molecule has 0 atom stereocenters. The van der Waals surface area contributed by atoms with Crippen LogP contribution in [0, 0.1) is 0 Å². The summed E-state index contributed by atoms with van der Waals surface area (Å²) in [5.41, 5.74) is 0. The van der Waals surface area contributed by atoms with Gasteiger partial charge in [-0.1, -0.05) is 0 Å². The van der Waals surface area contributed by atoms with Crippen LogP contribution in [0.1, 0.15) is 0 Å². The molecule has 0 fully saturated rings. The van der Waals surface area contributed by atoms with Crippen LogP contribution in [-0.2, 0) is 52.4 Å². The molecule has 5 N–H and O–H groups in total. The number of hydrogen-bond acceptors (Lipinski definition) is 2. The first kappa shape index (κ1) is 24.5. The van der Waals surface area contributed by atoms with Gasteiger partial charge in [-0.2, -0.15) is 0 Å². The Morgan fingerprint density at radius 1 is 1.14 bits per heavy atom. The summed E-state index contributed by atoms with van der Waals surface area (Å²) in [7, 11) is 0. The zero-order valence-electron chi connectivity index (χ0n) is 3.51. The smallest absolute Gasteiger partial charge is 0.450 e. The van der Waals surface area contributed by atoms with Crippen LogP contribution in [-0.4, -0.2) is 16.4 Å². The van der Waals surface area contributed by atoms with E-state index < -0.39 is 6.16 Å². The van der Waals surface area contributed by atoms with Crippen molar-refractivity contribution in [3.63, 3.8) is 0 Å². The number of hydrogen-bond donors (Lipinski definition) is 3. The predicted molar refractivity (Wildman–Crippen MR) is 15.7 cm³/mol. The average molecular weight is 262 g/mol. The maximum Gasteiger partial charge on any atom is 0.503 e. The first-order chi connectivity index (χ1) is 1.73. The van der Waals surface area contributed by atoms with Gasteiger partial charge < -0.3 is 16.4 Å². The average Bonchev–Trinajstić information content (AvgIpc) is 0.811. The largest absolute Gasteiger partial charge is 0.503 e. The second-order valence-electron chi connectivity index (χ2n) is 0.283. The van der Waals surface area contributed by atoms with Crippen LogP contribution in [0.3, 0.4) is 0 Å². The maximum absolute atomic E-state index is 8.56. The van der Waals surface area contributed by atoms with Crippen LogP contribution in [0.4, 0.5) is 4.79 Å². The summed E-state index contributed by atoms with van der Waals surface area (Å²) in [6.45, 7) is 0. The molecule has 0 aromatic carbocycles. The molecule has 0 amide bonds. The molecule has 0 radical (unpaired) electrons. The molecule has 0 spiro atoms. The Kier molecular flexibility index (Phi) is 55.1. The van der Waals surface area contributed by atoms with E-state index in [4.69, 9.17) is 15.0 Å². The number of carbonyl (C=O) groups is 1. The Morgan fingerprint density at radius 2 is 1.14 bits per heavy atom. The first-order valence-corrected chi connectivity index (χ1v) is 0.651. The van der Waals surface area contributed by atoms with E-state index >= 15 is 0 Å². The molecule has 0 unspecified atom stereocenters. The fraction of sp³-hybridized carbons (Fsp3) is 0. The summed E-state index contributed by atoms with van der Waals surface area (Å²) in [6, 6.07) is 0. The number of rotatable bonds is 0. The van der Waals surface area contributed by atoms with E-state index in [0.29, 0.717) is 0 Å². The van der Waals surface area contributed by atoms with Gasteiger partial charge in [0.1, 0.15) is 0 Å². The molecule has 0 heterocycles. The van der Waals surface area contributed by atoms with E-state index in [9.17, 15) is 0 Å². The zero-order chi connectivity index (χ0) is 3.58. The minimum Gasteiger partial charge on any atom is -0.450 e. The van der Waals surface area contributed by atoms with Crippen molar-refractivity contribution in [2.45, 2.75) is 0 Å². The standard InChI is InChI=1S/CH2O3.H3N.2Zr/c2-1(3)4;;;/h(H2,2,3,4);1H3;;. The van der Waals surface area contributed by atoms with Crippen molar-refractivity contribution in [3.05, 3.63) is 0 Å². The van der Waals surface area contributed by atoms with Crippen molar-refractivity contribution >= 4 is 6.16 Å². The molecule has 40 valence electrons. The van der Waals surface area contributed by atoms with E-state index in [0.717, 1.165) is 0 Å². The van der Waals surface area contributed by atoms with Gasteiger partial charge in [-0.25, -0.2) is 4.79 Å². The van der Waals surface area contributed by atoms with Gasteiger partial charge in [0.05, 0.1) is 0 Å². The molecule has 0 saturated carbocycles. The molecule has 0 aliphatic heterocycles. The third-order valence-electron chi connectivity index (χ3n) is 0. The van der Waals surface area contributed by atoms with Crippen molar-refractivity contribution in [3.8, 4) is 0 Å². The van der Waals surface area contributed by atoms with Crippen LogP contribution in [0.5, 0.6) is 0 Å². The molecular formula is CH5NO3Zr2. The molecule has 6 heteroatoms. The van der Waals surface area contributed by atoms with Crippen LogP contribution in [0.15, 0.2) is 0 Å². The zero-order valence-corrected chi connectivity index (χ0v) is 8.43. The van der Waals surface area contributed by atoms with E-state index in [1.807, 2.05) is 0 Å². The summed E-state index contributed by atoms with van der Waals surface area (Å²) in [4.78, 5) is 8.56. The van der Waals surface area contributed by atoms with Gasteiger partial charge in [0, 0.05) is 52.4 Å². The van der Waals surface area contributed by atoms with E-state index in [1.165, 1.54) is 0 Å². The van der Waals surface area contributed by atoms with Crippen LogP contribution < -0.4 is 6.15 Å². The van der Waals surface area contributed by atoms with E-state index in [1.54, 1.807) is 0 Å². The Hall–Kier alpha value is 0.996. The molecule has 0 aliphatic carbocycles. The van der Waals surface area contributed by atoms with Gasteiger partial charge in [0.25, 0.3) is 0 Å². The Balaban J connectivity index is -0.0000000150. The molecule has 0 aliphatic rings.